The van der Waals surface area contributed by atoms with Crippen LogP contribution in [0.5, 0.6) is 0 Å². The topological polar surface area (TPSA) is 63.6 Å². The van der Waals surface area contributed by atoms with E-state index in [1.807, 2.05) is 0 Å². The average Bonchev–Trinajstić information content (AvgIpc) is 2.12. The summed E-state index contributed by atoms with van der Waals surface area (Å²) in [7, 11) is 0. The molecule has 0 atom stereocenters. The first-order chi connectivity index (χ1) is 6.20. The molecule has 1 N–H and O–H groups in total. The minimum atomic E-state index is -0.514. The van der Waals surface area contributed by atoms with Crippen molar-refractivity contribution in [3.05, 3.63) is 12.2 Å². The maximum absolute atomic E-state index is 10.9. The summed E-state index contributed by atoms with van der Waals surface area (Å²) in [5.74, 6) is -0.693. The molecule has 0 aliphatic rings. The lowest BCUT2D eigenvalue weighted by atomic mass is 10.2. The van der Waals surface area contributed by atoms with Crippen LogP contribution in [0.15, 0.2) is 12.2 Å². The van der Waals surface area contributed by atoms with E-state index in [0.29, 0.717) is 13.0 Å². The lowest BCUT2D eigenvalue weighted by Gasteiger charge is -1.94. The van der Waals surface area contributed by atoms with Gasteiger partial charge in [-0.2, -0.15) is 0 Å². The standard InChI is InChI=1S/C9H14O4/c1-2-13-9(12)6-5-8(11)4-3-7-10/h5-6,10H,2-4,7H2,1H3/b6-5+. The second-order valence-corrected chi connectivity index (χ2v) is 2.38. The Morgan fingerprint density at radius 3 is 2.62 bits per heavy atom. The molecule has 0 saturated carbocycles. The number of allylic oxidation sites excluding steroid dienone is 1. The first-order valence-corrected chi connectivity index (χ1v) is 4.19. The van der Waals surface area contributed by atoms with Gasteiger partial charge in [0.15, 0.2) is 5.78 Å². The van der Waals surface area contributed by atoms with Crippen LogP contribution in [0.1, 0.15) is 19.8 Å². The molecule has 4 nitrogen and oxygen atoms in total. The first kappa shape index (κ1) is 11.8. The van der Waals surface area contributed by atoms with E-state index in [0.717, 1.165) is 6.08 Å². The fraction of sp³-hybridized carbons (Fsp3) is 0.556. The summed E-state index contributed by atoms with van der Waals surface area (Å²) in [5.41, 5.74) is 0. The molecule has 0 spiro atoms. The molecule has 0 saturated heterocycles. The molecule has 0 unspecified atom stereocenters. The predicted octanol–water partition coefficient (Wildman–Crippen LogP) is 0.447. The molecule has 74 valence electrons. The van der Waals surface area contributed by atoms with E-state index in [1.165, 1.54) is 6.08 Å². The van der Waals surface area contributed by atoms with Gasteiger partial charge in [0, 0.05) is 19.1 Å². The van der Waals surface area contributed by atoms with Gasteiger partial charge in [-0.25, -0.2) is 4.79 Å². The number of ketones is 1. The van der Waals surface area contributed by atoms with Crippen molar-refractivity contribution in [2.75, 3.05) is 13.2 Å². The third-order valence-corrected chi connectivity index (χ3v) is 1.27. The van der Waals surface area contributed by atoms with Crippen molar-refractivity contribution in [1.82, 2.24) is 0 Å². The molecule has 0 aliphatic carbocycles. The largest absolute Gasteiger partial charge is 0.463 e. The van der Waals surface area contributed by atoms with E-state index in [-0.39, 0.29) is 18.8 Å². The molecule has 13 heavy (non-hydrogen) atoms. The molecule has 0 radical (unpaired) electrons. The molecular formula is C9H14O4. The van der Waals surface area contributed by atoms with Crippen LogP contribution < -0.4 is 0 Å². The smallest absolute Gasteiger partial charge is 0.330 e. The normalized spacial score (nSPS) is 10.3. The minimum absolute atomic E-state index is 0.0149. The zero-order valence-corrected chi connectivity index (χ0v) is 7.66. The van der Waals surface area contributed by atoms with Gasteiger partial charge in [0.2, 0.25) is 0 Å². The van der Waals surface area contributed by atoms with Gasteiger partial charge in [0.05, 0.1) is 6.61 Å². The van der Waals surface area contributed by atoms with Crippen molar-refractivity contribution < 1.29 is 19.4 Å². The molecule has 0 bridgehead atoms. The van der Waals surface area contributed by atoms with Crippen molar-refractivity contribution in [2.24, 2.45) is 0 Å². The quantitative estimate of drug-likeness (QED) is 0.483. The third-order valence-electron chi connectivity index (χ3n) is 1.27. The van der Waals surface area contributed by atoms with E-state index >= 15 is 0 Å². The number of rotatable bonds is 6. The second-order valence-electron chi connectivity index (χ2n) is 2.38. The number of hydrogen-bond donors (Lipinski definition) is 1. The molecule has 0 aromatic heterocycles. The van der Waals surface area contributed by atoms with Crippen LogP contribution in [0, 0.1) is 0 Å². The van der Waals surface area contributed by atoms with Crippen molar-refractivity contribution in [2.45, 2.75) is 19.8 Å². The highest BCUT2D eigenvalue weighted by molar-refractivity contribution is 5.95. The zero-order chi connectivity index (χ0) is 10.1. The van der Waals surface area contributed by atoms with Crippen LogP contribution in [0.4, 0.5) is 0 Å². The van der Waals surface area contributed by atoms with Gasteiger partial charge in [-0.15, -0.1) is 0 Å². The SMILES string of the molecule is CCOC(=O)/C=C/C(=O)CCCO. The molecule has 0 amide bonds. The van der Waals surface area contributed by atoms with Crippen molar-refractivity contribution >= 4 is 11.8 Å². The highest BCUT2D eigenvalue weighted by atomic mass is 16.5. The number of carbonyl (C=O) groups is 2. The average molecular weight is 186 g/mol. The van der Waals surface area contributed by atoms with Crippen LogP contribution in [-0.2, 0) is 14.3 Å². The van der Waals surface area contributed by atoms with Crippen molar-refractivity contribution in [3.8, 4) is 0 Å². The summed E-state index contributed by atoms with van der Waals surface area (Å²) < 4.78 is 4.57. The van der Waals surface area contributed by atoms with Gasteiger partial charge in [-0.05, 0) is 19.4 Å². The van der Waals surface area contributed by atoms with E-state index in [1.54, 1.807) is 6.92 Å². The third kappa shape index (κ3) is 7.21. The predicted molar refractivity (Wildman–Crippen MR) is 47.1 cm³/mol. The van der Waals surface area contributed by atoms with Gasteiger partial charge < -0.3 is 9.84 Å². The van der Waals surface area contributed by atoms with E-state index < -0.39 is 5.97 Å². The van der Waals surface area contributed by atoms with E-state index in [4.69, 9.17) is 5.11 Å². The van der Waals surface area contributed by atoms with Crippen LogP contribution in [0.25, 0.3) is 0 Å². The fourth-order valence-electron chi connectivity index (χ4n) is 0.688. The lowest BCUT2D eigenvalue weighted by molar-refractivity contribution is -0.137. The van der Waals surface area contributed by atoms with Crippen molar-refractivity contribution in [3.63, 3.8) is 0 Å². The highest BCUT2D eigenvalue weighted by Gasteiger charge is 1.98. The van der Waals surface area contributed by atoms with Crippen LogP contribution >= 0.6 is 0 Å². The Bertz CT molecular complexity index is 196. The van der Waals surface area contributed by atoms with Crippen LogP contribution in [-0.4, -0.2) is 30.1 Å². The zero-order valence-electron chi connectivity index (χ0n) is 7.66. The Labute approximate surface area is 77.2 Å². The Hall–Kier alpha value is -1.16. The number of esters is 1. The Kier molecular flexibility index (Phi) is 6.82. The molecule has 4 heteroatoms. The number of ether oxygens (including phenoxy) is 1. The van der Waals surface area contributed by atoms with Crippen LogP contribution in [0.2, 0.25) is 0 Å². The summed E-state index contributed by atoms with van der Waals surface area (Å²) in [5, 5.41) is 8.41. The molecule has 0 heterocycles. The van der Waals surface area contributed by atoms with Crippen LogP contribution in [0.3, 0.4) is 0 Å². The molecular weight excluding hydrogens is 172 g/mol. The Morgan fingerprint density at radius 2 is 2.08 bits per heavy atom. The van der Waals surface area contributed by atoms with E-state index in [9.17, 15) is 9.59 Å². The summed E-state index contributed by atoms with van der Waals surface area (Å²) in [6.45, 7) is 1.98. The molecule has 0 fully saturated rings. The monoisotopic (exact) mass is 186 g/mol. The fourth-order valence-corrected chi connectivity index (χ4v) is 0.688. The summed E-state index contributed by atoms with van der Waals surface area (Å²) in [6.07, 6.45) is 2.95. The van der Waals surface area contributed by atoms with Gasteiger partial charge in [-0.3, -0.25) is 4.79 Å². The van der Waals surface area contributed by atoms with Gasteiger partial charge in [-0.1, -0.05) is 0 Å². The minimum Gasteiger partial charge on any atom is -0.463 e. The first-order valence-electron chi connectivity index (χ1n) is 4.19. The Morgan fingerprint density at radius 1 is 1.38 bits per heavy atom. The lowest BCUT2D eigenvalue weighted by Crippen LogP contribution is -2.01. The maximum Gasteiger partial charge on any atom is 0.330 e. The summed E-state index contributed by atoms with van der Waals surface area (Å²) >= 11 is 0. The van der Waals surface area contributed by atoms with Crippen molar-refractivity contribution in [1.29, 1.82) is 0 Å². The molecule has 0 aliphatic heterocycles. The summed E-state index contributed by atoms with van der Waals surface area (Å²) in [6, 6.07) is 0. The van der Waals surface area contributed by atoms with Gasteiger partial charge in [0.25, 0.3) is 0 Å². The Balaban J connectivity index is 3.69. The summed E-state index contributed by atoms with van der Waals surface area (Å²) in [4.78, 5) is 21.6. The van der Waals surface area contributed by atoms with E-state index in [2.05, 4.69) is 4.74 Å². The molecule has 0 aromatic carbocycles. The number of aliphatic hydroxyl groups is 1. The molecule has 0 aromatic rings. The highest BCUT2D eigenvalue weighted by Crippen LogP contribution is 1.91. The second kappa shape index (κ2) is 7.49. The maximum atomic E-state index is 10.9. The van der Waals surface area contributed by atoms with Gasteiger partial charge in [0.1, 0.15) is 0 Å². The number of carbonyl (C=O) groups excluding carboxylic acids is 2. The number of aliphatic hydroxyl groups excluding tert-OH is 1. The number of hydrogen-bond acceptors (Lipinski definition) is 4. The molecule has 0 rings (SSSR count). The van der Waals surface area contributed by atoms with Gasteiger partial charge >= 0.3 is 5.97 Å².